The second kappa shape index (κ2) is 7.03. The van der Waals surface area contributed by atoms with E-state index in [1.807, 2.05) is 13.8 Å². The molecule has 21 heavy (non-hydrogen) atoms. The fourth-order valence-electron chi connectivity index (χ4n) is 3.16. The summed E-state index contributed by atoms with van der Waals surface area (Å²) in [5.41, 5.74) is 2.31. The van der Waals surface area contributed by atoms with Crippen LogP contribution in [0.25, 0.3) is 0 Å². The third-order valence-corrected chi connectivity index (χ3v) is 4.17. The summed E-state index contributed by atoms with van der Waals surface area (Å²) >= 11 is 0. The van der Waals surface area contributed by atoms with E-state index in [2.05, 4.69) is 17.1 Å². The topological polar surface area (TPSA) is 32.3 Å². The molecule has 1 aromatic carbocycles. The molecular weight excluding hydrogens is 267 g/mol. The van der Waals surface area contributed by atoms with Crippen LogP contribution in [0.3, 0.4) is 0 Å². The highest BCUT2D eigenvalue weighted by atomic mass is 19.1. The van der Waals surface area contributed by atoms with Crippen molar-refractivity contribution in [1.29, 1.82) is 0 Å². The SMILES string of the molecule is CCCN1CCCC[C@H]1C(=O)Nc1c(C)cc(F)cc1C. The highest BCUT2D eigenvalue weighted by molar-refractivity contribution is 5.96. The molecule has 1 heterocycles. The molecule has 1 atom stereocenters. The lowest BCUT2D eigenvalue weighted by Gasteiger charge is -2.34. The number of nitrogens with one attached hydrogen (secondary N) is 1. The first-order chi connectivity index (χ1) is 10.0. The van der Waals surface area contributed by atoms with Gasteiger partial charge in [-0.25, -0.2) is 4.39 Å². The van der Waals surface area contributed by atoms with Crippen LogP contribution >= 0.6 is 0 Å². The van der Waals surface area contributed by atoms with Gasteiger partial charge in [0, 0.05) is 5.69 Å². The van der Waals surface area contributed by atoms with Gasteiger partial charge in [0.05, 0.1) is 6.04 Å². The molecule has 0 unspecified atom stereocenters. The van der Waals surface area contributed by atoms with Crippen molar-refractivity contribution >= 4 is 11.6 Å². The maximum atomic E-state index is 13.3. The van der Waals surface area contributed by atoms with Gasteiger partial charge >= 0.3 is 0 Å². The monoisotopic (exact) mass is 292 g/mol. The summed E-state index contributed by atoms with van der Waals surface area (Å²) < 4.78 is 13.3. The zero-order valence-corrected chi connectivity index (χ0v) is 13.2. The van der Waals surface area contributed by atoms with E-state index in [1.54, 1.807) is 0 Å². The van der Waals surface area contributed by atoms with Gasteiger partial charge in [-0.05, 0) is 69.5 Å². The fraction of sp³-hybridized carbons (Fsp3) is 0.588. The van der Waals surface area contributed by atoms with E-state index in [4.69, 9.17) is 0 Å². The minimum Gasteiger partial charge on any atom is -0.324 e. The number of rotatable bonds is 4. The Balaban J connectivity index is 2.13. The number of hydrogen-bond acceptors (Lipinski definition) is 2. The second-order valence-corrected chi connectivity index (χ2v) is 5.95. The Morgan fingerprint density at radius 1 is 1.33 bits per heavy atom. The Morgan fingerprint density at radius 2 is 2.00 bits per heavy atom. The lowest BCUT2D eigenvalue weighted by atomic mass is 10.0. The maximum Gasteiger partial charge on any atom is 0.241 e. The fourth-order valence-corrected chi connectivity index (χ4v) is 3.16. The molecule has 0 spiro atoms. The average molecular weight is 292 g/mol. The Bertz CT molecular complexity index is 491. The van der Waals surface area contributed by atoms with Crippen molar-refractivity contribution in [3.63, 3.8) is 0 Å². The minimum atomic E-state index is -0.256. The molecule has 0 radical (unpaired) electrons. The quantitative estimate of drug-likeness (QED) is 0.919. The molecule has 0 aromatic heterocycles. The van der Waals surface area contributed by atoms with Gasteiger partial charge < -0.3 is 5.32 Å². The summed E-state index contributed by atoms with van der Waals surface area (Å²) in [4.78, 5) is 14.9. The van der Waals surface area contributed by atoms with Gasteiger partial charge in [-0.3, -0.25) is 9.69 Å². The van der Waals surface area contributed by atoms with Crippen LogP contribution in [0, 0.1) is 19.7 Å². The van der Waals surface area contributed by atoms with Gasteiger partial charge in [-0.2, -0.15) is 0 Å². The number of nitrogens with zero attached hydrogens (tertiary/aromatic N) is 1. The number of hydrogen-bond donors (Lipinski definition) is 1. The molecule has 3 nitrogen and oxygen atoms in total. The average Bonchev–Trinajstić information content (AvgIpc) is 2.43. The van der Waals surface area contributed by atoms with Crippen molar-refractivity contribution in [1.82, 2.24) is 4.90 Å². The van der Waals surface area contributed by atoms with E-state index in [9.17, 15) is 9.18 Å². The zero-order chi connectivity index (χ0) is 15.4. The van der Waals surface area contributed by atoms with Gasteiger partial charge in [0.2, 0.25) is 5.91 Å². The van der Waals surface area contributed by atoms with E-state index in [0.717, 1.165) is 49.2 Å². The molecule has 4 heteroatoms. The van der Waals surface area contributed by atoms with Crippen molar-refractivity contribution in [2.45, 2.75) is 52.5 Å². The lowest BCUT2D eigenvalue weighted by Crippen LogP contribution is -2.47. The number of halogens is 1. The predicted molar refractivity (Wildman–Crippen MR) is 84.0 cm³/mol. The van der Waals surface area contributed by atoms with Crippen molar-refractivity contribution in [2.24, 2.45) is 0 Å². The highest BCUT2D eigenvalue weighted by Crippen LogP contribution is 2.24. The van der Waals surface area contributed by atoms with Crippen molar-refractivity contribution in [2.75, 3.05) is 18.4 Å². The maximum absolute atomic E-state index is 13.3. The molecule has 0 aliphatic carbocycles. The van der Waals surface area contributed by atoms with Crippen molar-refractivity contribution < 1.29 is 9.18 Å². The van der Waals surface area contributed by atoms with Crippen LogP contribution in [0.5, 0.6) is 0 Å². The van der Waals surface area contributed by atoms with E-state index >= 15 is 0 Å². The number of anilines is 1. The van der Waals surface area contributed by atoms with Crippen molar-refractivity contribution in [3.05, 3.63) is 29.1 Å². The van der Waals surface area contributed by atoms with Crippen LogP contribution < -0.4 is 5.32 Å². The summed E-state index contributed by atoms with van der Waals surface area (Å²) in [6.45, 7) is 7.75. The van der Waals surface area contributed by atoms with Gasteiger partial charge in [-0.15, -0.1) is 0 Å². The van der Waals surface area contributed by atoms with Gasteiger partial charge in [0.15, 0.2) is 0 Å². The molecule has 1 fully saturated rings. The molecule has 1 aliphatic rings. The summed E-state index contributed by atoms with van der Waals surface area (Å²) in [6.07, 6.45) is 4.22. The Labute approximate surface area is 126 Å². The summed E-state index contributed by atoms with van der Waals surface area (Å²) in [5, 5.41) is 3.02. The highest BCUT2D eigenvalue weighted by Gasteiger charge is 2.28. The smallest absolute Gasteiger partial charge is 0.241 e. The summed E-state index contributed by atoms with van der Waals surface area (Å²) in [7, 11) is 0. The summed E-state index contributed by atoms with van der Waals surface area (Å²) in [5.74, 6) is -0.214. The van der Waals surface area contributed by atoms with Gasteiger partial charge in [0.1, 0.15) is 5.82 Å². The van der Waals surface area contributed by atoms with Gasteiger partial charge in [0.25, 0.3) is 0 Å². The molecule has 1 aromatic rings. The molecule has 0 bridgehead atoms. The molecule has 1 amide bonds. The van der Waals surface area contributed by atoms with Crippen LogP contribution in [0.15, 0.2) is 12.1 Å². The van der Waals surface area contributed by atoms with Crippen LogP contribution in [0.2, 0.25) is 0 Å². The normalized spacial score (nSPS) is 19.5. The number of carbonyl (C=O) groups is 1. The first-order valence-electron chi connectivity index (χ1n) is 7.84. The van der Waals surface area contributed by atoms with Gasteiger partial charge in [-0.1, -0.05) is 13.3 Å². The first-order valence-corrected chi connectivity index (χ1v) is 7.84. The first kappa shape index (κ1) is 16.0. The number of carbonyl (C=O) groups excluding carboxylic acids is 1. The van der Waals surface area contributed by atoms with E-state index < -0.39 is 0 Å². The third kappa shape index (κ3) is 3.82. The van der Waals surface area contributed by atoms with Crippen LogP contribution in [-0.2, 0) is 4.79 Å². The minimum absolute atomic E-state index is 0.0426. The largest absolute Gasteiger partial charge is 0.324 e. The number of likely N-dealkylation sites (tertiary alicyclic amines) is 1. The number of benzene rings is 1. The second-order valence-electron chi connectivity index (χ2n) is 5.95. The molecule has 1 aliphatic heterocycles. The van der Waals surface area contributed by atoms with E-state index in [1.165, 1.54) is 18.6 Å². The number of amides is 1. The van der Waals surface area contributed by atoms with E-state index in [0.29, 0.717) is 0 Å². The number of aryl methyl sites for hydroxylation is 2. The molecule has 2 rings (SSSR count). The Kier molecular flexibility index (Phi) is 5.34. The third-order valence-electron chi connectivity index (χ3n) is 4.17. The molecule has 0 saturated carbocycles. The van der Waals surface area contributed by atoms with Crippen molar-refractivity contribution in [3.8, 4) is 0 Å². The predicted octanol–water partition coefficient (Wildman–Crippen LogP) is 3.65. The van der Waals surface area contributed by atoms with E-state index in [-0.39, 0.29) is 17.8 Å². The standard InChI is InChI=1S/C17H25FN2O/c1-4-8-20-9-6-5-7-15(20)17(21)19-16-12(2)10-14(18)11-13(16)3/h10-11,15H,4-9H2,1-3H3,(H,19,21)/t15-/m0/s1. The molecule has 1 N–H and O–H groups in total. The summed E-state index contributed by atoms with van der Waals surface area (Å²) in [6, 6.07) is 2.88. The molecule has 116 valence electrons. The molecule has 1 saturated heterocycles. The zero-order valence-electron chi connectivity index (χ0n) is 13.2. The Morgan fingerprint density at radius 3 is 2.62 bits per heavy atom. The van der Waals surface area contributed by atoms with Crippen LogP contribution in [-0.4, -0.2) is 29.9 Å². The number of piperidine rings is 1. The lowest BCUT2D eigenvalue weighted by molar-refractivity contribution is -0.122. The van der Waals surface area contributed by atoms with Crippen LogP contribution in [0.1, 0.15) is 43.7 Å². The van der Waals surface area contributed by atoms with Crippen LogP contribution in [0.4, 0.5) is 10.1 Å². The molecular formula is C17H25FN2O. The Hall–Kier alpha value is -1.42.